The summed E-state index contributed by atoms with van der Waals surface area (Å²) in [5.41, 5.74) is -1.52. The molecule has 1 rings (SSSR count). The molecule has 0 aliphatic rings. The van der Waals surface area contributed by atoms with Crippen molar-refractivity contribution in [3.63, 3.8) is 0 Å². The molecule has 0 aromatic heterocycles. The van der Waals surface area contributed by atoms with Crippen LogP contribution in [0.5, 0.6) is 5.75 Å². The monoisotopic (exact) mass is 303 g/mol. The summed E-state index contributed by atoms with van der Waals surface area (Å²) >= 11 is 0. The van der Waals surface area contributed by atoms with Crippen molar-refractivity contribution in [2.24, 2.45) is 0 Å². The van der Waals surface area contributed by atoms with Crippen LogP contribution in [-0.2, 0) is 9.39 Å². The average molecular weight is 303 g/mol. The molecule has 1 aromatic carbocycles. The molecule has 0 aliphatic heterocycles. The summed E-state index contributed by atoms with van der Waals surface area (Å²) in [4.78, 5) is 0. The van der Waals surface area contributed by atoms with Crippen LogP contribution < -0.4 is 10.2 Å². The number of rotatable bonds is 7. The Morgan fingerprint density at radius 2 is 1.67 bits per heavy atom. The van der Waals surface area contributed by atoms with Gasteiger partial charge in [0.1, 0.15) is 0 Å². The van der Waals surface area contributed by atoms with Gasteiger partial charge in [-0.3, -0.25) is 0 Å². The summed E-state index contributed by atoms with van der Waals surface area (Å²) in [5.74, 6) is -2.90. The molecule has 0 atom stereocenters. The molecule has 21 heavy (non-hydrogen) atoms. The number of ether oxygens (including phenoxy) is 2. The van der Waals surface area contributed by atoms with Crippen molar-refractivity contribution in [3.8, 4) is 5.75 Å². The molecule has 117 valence electrons. The summed E-state index contributed by atoms with van der Waals surface area (Å²) in [6.07, 6.45) is 0. The highest BCUT2D eigenvalue weighted by Gasteiger charge is 2.38. The van der Waals surface area contributed by atoms with Gasteiger partial charge in [0.25, 0.3) is 0 Å². The molecule has 0 aliphatic carbocycles. The Morgan fingerprint density at radius 1 is 1.05 bits per heavy atom. The van der Waals surface area contributed by atoms with E-state index in [1.165, 1.54) is 13.2 Å². The zero-order chi connectivity index (χ0) is 16.3. The van der Waals surface area contributed by atoms with Gasteiger partial charge in [-0.25, -0.2) is 8.78 Å². The van der Waals surface area contributed by atoms with E-state index >= 15 is 0 Å². The molecular formula is C14H19BF3O3. The van der Waals surface area contributed by atoms with Crippen LogP contribution >= 0.6 is 0 Å². The Bertz CT molecular complexity index is 493. The average Bonchev–Trinajstić information content (AvgIpc) is 2.43. The first-order valence-electron chi connectivity index (χ1n) is 6.39. The number of alkyl halides is 1. The van der Waals surface area contributed by atoms with Crippen LogP contribution in [0, 0.1) is 11.6 Å². The van der Waals surface area contributed by atoms with Crippen LogP contribution in [0.4, 0.5) is 13.2 Å². The quantitative estimate of drug-likeness (QED) is 0.725. The van der Waals surface area contributed by atoms with Gasteiger partial charge in [-0.1, -0.05) is 6.07 Å². The summed E-state index contributed by atoms with van der Waals surface area (Å²) in [6, 6.07) is 2.39. The van der Waals surface area contributed by atoms with Crippen molar-refractivity contribution in [2.75, 3.05) is 14.0 Å². The molecular weight excluding hydrogens is 284 g/mol. The second-order valence-corrected chi connectivity index (χ2v) is 5.49. The second kappa shape index (κ2) is 6.70. The van der Waals surface area contributed by atoms with Gasteiger partial charge in [0.05, 0.1) is 11.2 Å². The molecule has 0 N–H and O–H groups in total. The van der Waals surface area contributed by atoms with E-state index in [9.17, 15) is 13.2 Å². The molecule has 1 aromatic rings. The summed E-state index contributed by atoms with van der Waals surface area (Å²) in [6.45, 7) is 5.93. The third kappa shape index (κ3) is 3.92. The van der Waals surface area contributed by atoms with Crippen molar-refractivity contribution >= 4 is 12.9 Å². The minimum Gasteiger partial charge on any atom is -0.460 e. The third-order valence-corrected chi connectivity index (χ3v) is 3.73. The fourth-order valence-electron chi connectivity index (χ4n) is 1.41. The minimum atomic E-state index is -1.26. The highest BCUT2D eigenvalue weighted by Crippen LogP contribution is 2.28. The lowest BCUT2D eigenvalue weighted by molar-refractivity contribution is -0.114. The van der Waals surface area contributed by atoms with E-state index in [0.29, 0.717) is 0 Å². The predicted octanol–water partition coefficient (Wildman–Crippen LogP) is 2.74. The minimum absolute atomic E-state index is 0.0984. The summed E-state index contributed by atoms with van der Waals surface area (Å²) in [5, 5.41) is 0. The molecule has 0 heterocycles. The standard InChI is InChI=1S/C14H19BF3O3/c1-13(2,19-5)14(3,4)21-15-9-6-7-10(20-8-16)12(18)11(9)17/h6-7H,8H2,1-5H3. The van der Waals surface area contributed by atoms with Gasteiger partial charge in [-0.2, -0.15) is 4.39 Å². The van der Waals surface area contributed by atoms with Gasteiger partial charge in [0.2, 0.25) is 6.86 Å². The SMILES string of the molecule is COC(C)(C)C(C)(C)O[B]c1ccc(OCF)c(F)c1F. The Balaban J connectivity index is 2.88. The van der Waals surface area contributed by atoms with Crippen molar-refractivity contribution in [3.05, 3.63) is 23.8 Å². The van der Waals surface area contributed by atoms with Gasteiger partial charge in [-0.15, -0.1) is 0 Å². The Labute approximate surface area is 123 Å². The van der Waals surface area contributed by atoms with E-state index in [2.05, 4.69) is 4.74 Å². The zero-order valence-corrected chi connectivity index (χ0v) is 12.8. The van der Waals surface area contributed by atoms with E-state index in [-0.39, 0.29) is 5.46 Å². The van der Waals surface area contributed by atoms with Gasteiger partial charge in [0, 0.05) is 7.11 Å². The number of hydrogen-bond donors (Lipinski definition) is 0. The van der Waals surface area contributed by atoms with Crippen LogP contribution in [-0.4, -0.2) is 32.7 Å². The molecule has 3 nitrogen and oxygen atoms in total. The molecule has 1 radical (unpaired) electrons. The second-order valence-electron chi connectivity index (χ2n) is 5.49. The van der Waals surface area contributed by atoms with Crippen LogP contribution in [0.15, 0.2) is 12.1 Å². The lowest BCUT2D eigenvalue weighted by atomic mass is 9.82. The molecule has 0 saturated heterocycles. The maximum atomic E-state index is 13.8. The summed E-state index contributed by atoms with van der Waals surface area (Å²) < 4.78 is 54.6. The fourth-order valence-corrected chi connectivity index (χ4v) is 1.41. The van der Waals surface area contributed by atoms with E-state index < -0.39 is 35.4 Å². The van der Waals surface area contributed by atoms with Crippen LogP contribution in [0.1, 0.15) is 27.7 Å². The highest BCUT2D eigenvalue weighted by atomic mass is 19.2. The van der Waals surface area contributed by atoms with Crippen molar-refractivity contribution in [2.45, 2.75) is 38.9 Å². The first-order valence-corrected chi connectivity index (χ1v) is 6.39. The predicted molar refractivity (Wildman–Crippen MR) is 74.6 cm³/mol. The number of benzene rings is 1. The first kappa shape index (κ1) is 17.8. The van der Waals surface area contributed by atoms with E-state index in [0.717, 1.165) is 13.5 Å². The lowest BCUT2D eigenvalue weighted by Gasteiger charge is -2.40. The molecule has 0 unspecified atom stereocenters. The van der Waals surface area contributed by atoms with Gasteiger partial charge < -0.3 is 14.1 Å². The van der Waals surface area contributed by atoms with Crippen molar-refractivity contribution in [1.29, 1.82) is 0 Å². The van der Waals surface area contributed by atoms with Crippen molar-refractivity contribution in [1.82, 2.24) is 0 Å². The van der Waals surface area contributed by atoms with E-state index in [1.54, 1.807) is 13.8 Å². The number of hydrogen-bond acceptors (Lipinski definition) is 3. The Kier molecular flexibility index (Phi) is 5.70. The number of methoxy groups -OCH3 is 1. The molecule has 7 heteroatoms. The van der Waals surface area contributed by atoms with E-state index in [1.807, 2.05) is 13.8 Å². The van der Waals surface area contributed by atoms with E-state index in [4.69, 9.17) is 9.39 Å². The molecule has 0 saturated carbocycles. The first-order chi connectivity index (χ1) is 9.66. The highest BCUT2D eigenvalue weighted by molar-refractivity contribution is 6.47. The maximum Gasteiger partial charge on any atom is 0.334 e. The largest absolute Gasteiger partial charge is 0.460 e. The molecule has 0 fully saturated rings. The van der Waals surface area contributed by atoms with Gasteiger partial charge >= 0.3 is 7.48 Å². The Morgan fingerprint density at radius 3 is 2.19 bits per heavy atom. The molecule has 0 spiro atoms. The van der Waals surface area contributed by atoms with Crippen LogP contribution in [0.3, 0.4) is 0 Å². The van der Waals surface area contributed by atoms with Crippen LogP contribution in [0.2, 0.25) is 0 Å². The van der Waals surface area contributed by atoms with Crippen molar-refractivity contribution < 1.29 is 27.3 Å². The van der Waals surface area contributed by atoms with Crippen LogP contribution in [0.25, 0.3) is 0 Å². The third-order valence-electron chi connectivity index (χ3n) is 3.73. The molecule has 0 bridgehead atoms. The van der Waals surface area contributed by atoms with Gasteiger partial charge in [-0.05, 0) is 39.2 Å². The normalized spacial score (nSPS) is 12.4. The zero-order valence-electron chi connectivity index (χ0n) is 12.8. The maximum absolute atomic E-state index is 13.8. The topological polar surface area (TPSA) is 27.7 Å². The van der Waals surface area contributed by atoms with Gasteiger partial charge in [0.15, 0.2) is 17.4 Å². The number of halogens is 3. The Hall–Kier alpha value is -1.21. The fraction of sp³-hybridized carbons (Fsp3) is 0.571. The summed E-state index contributed by atoms with van der Waals surface area (Å²) in [7, 11) is 2.65. The smallest absolute Gasteiger partial charge is 0.334 e. The molecule has 0 amide bonds. The lowest BCUT2D eigenvalue weighted by Crippen LogP contribution is -2.50.